The third-order valence-electron chi connectivity index (χ3n) is 6.89. The molecular weight excluding hydrogens is 445 g/mol. The maximum atomic E-state index is 15.4. The summed E-state index contributed by atoms with van der Waals surface area (Å²) >= 11 is 0. The number of aryl methyl sites for hydroxylation is 1. The molecule has 1 aliphatic heterocycles. The van der Waals surface area contributed by atoms with Crippen LogP contribution in [0.15, 0.2) is 48.9 Å². The summed E-state index contributed by atoms with van der Waals surface area (Å²) in [5.74, 6) is 6.40. The van der Waals surface area contributed by atoms with Crippen LogP contribution in [0.25, 0.3) is 10.9 Å². The first-order chi connectivity index (χ1) is 16.9. The predicted octanol–water partition coefficient (Wildman–Crippen LogP) is 4.84. The Hall–Kier alpha value is -3.37. The van der Waals surface area contributed by atoms with Crippen LogP contribution in [-0.4, -0.2) is 52.3 Å². The van der Waals surface area contributed by atoms with Crippen molar-refractivity contribution < 1.29 is 19.0 Å². The monoisotopic (exact) mass is 477 g/mol. The molecule has 1 unspecified atom stereocenters. The number of aliphatic carboxylic acids is 1. The number of benzene rings is 1. The number of carbonyl (C=O) groups is 1. The van der Waals surface area contributed by atoms with Crippen LogP contribution in [-0.2, 0) is 11.8 Å². The molecule has 184 valence electrons. The zero-order chi connectivity index (χ0) is 24.8. The molecule has 0 bridgehead atoms. The Labute approximate surface area is 205 Å². The number of methoxy groups -OCH3 is 1. The van der Waals surface area contributed by atoms with Gasteiger partial charge in [0, 0.05) is 49.6 Å². The molecule has 0 saturated carbocycles. The van der Waals surface area contributed by atoms with Crippen molar-refractivity contribution in [3.63, 3.8) is 0 Å². The van der Waals surface area contributed by atoms with E-state index < -0.39 is 12.1 Å². The second kappa shape index (κ2) is 11.4. The highest BCUT2D eigenvalue weighted by Crippen LogP contribution is 2.36. The summed E-state index contributed by atoms with van der Waals surface area (Å²) < 4.78 is 22.7. The normalized spacial score (nSPS) is 19.2. The number of carboxylic acid groups (broad SMARTS) is 1. The number of aromatic nitrogens is 2. The number of fused-ring (bicyclic) bond motifs is 1. The quantitative estimate of drug-likeness (QED) is 0.471. The standard InChI is InChI=1S/C28H32FN3O3/c1-31-14-10-20(18-31)4-3-13-32-15-11-21(22(19-32)16-28(33)34)5-7-26(29)24-9-12-30-27-8-6-23(35-2)17-25(24)27/h6,8-10,12,14,17-18,21-22,26H,5,7,11,13,15-16,19H2,1-2H3,(H,33,34)/t21-,22+,26?/m1/s1. The Morgan fingerprint density at radius 1 is 1.31 bits per heavy atom. The van der Waals surface area contributed by atoms with Crippen molar-refractivity contribution in [3.05, 3.63) is 60.0 Å². The van der Waals surface area contributed by atoms with Crippen molar-refractivity contribution in [2.75, 3.05) is 26.7 Å². The first kappa shape index (κ1) is 24.7. The maximum Gasteiger partial charge on any atom is 0.303 e. The molecule has 1 saturated heterocycles. The van der Waals surface area contributed by atoms with Gasteiger partial charge in [0.25, 0.3) is 0 Å². The van der Waals surface area contributed by atoms with Gasteiger partial charge in [-0.3, -0.25) is 14.7 Å². The summed E-state index contributed by atoms with van der Waals surface area (Å²) in [6.07, 6.45) is 6.37. The number of nitrogens with zero attached hydrogens (tertiary/aromatic N) is 3. The minimum absolute atomic E-state index is 0.0127. The summed E-state index contributed by atoms with van der Waals surface area (Å²) in [4.78, 5) is 18.1. The van der Waals surface area contributed by atoms with Gasteiger partial charge >= 0.3 is 5.97 Å². The van der Waals surface area contributed by atoms with Gasteiger partial charge in [-0.25, -0.2) is 4.39 Å². The van der Waals surface area contributed by atoms with Crippen molar-refractivity contribution in [2.24, 2.45) is 18.9 Å². The van der Waals surface area contributed by atoms with Gasteiger partial charge in [-0.15, -0.1) is 0 Å². The number of halogens is 1. The Kier molecular flexibility index (Phi) is 8.04. The summed E-state index contributed by atoms with van der Waals surface area (Å²) in [6.45, 7) is 2.12. The lowest BCUT2D eigenvalue weighted by molar-refractivity contribution is -0.139. The molecule has 35 heavy (non-hydrogen) atoms. The van der Waals surface area contributed by atoms with Crippen LogP contribution in [0, 0.1) is 23.7 Å². The fourth-order valence-electron chi connectivity index (χ4n) is 5.03. The molecule has 0 radical (unpaired) electrons. The SMILES string of the molecule is COc1ccc2nccc(C(F)CC[C@@H]3CCN(CC#Cc4ccn(C)c4)C[C@@H]3CC(=O)O)c2c1. The van der Waals surface area contributed by atoms with E-state index in [-0.39, 0.29) is 18.3 Å². The largest absolute Gasteiger partial charge is 0.497 e. The van der Waals surface area contributed by atoms with Gasteiger partial charge < -0.3 is 14.4 Å². The lowest BCUT2D eigenvalue weighted by Gasteiger charge is -2.37. The van der Waals surface area contributed by atoms with Gasteiger partial charge in [0.1, 0.15) is 11.9 Å². The molecule has 0 spiro atoms. The molecule has 3 atom stereocenters. The summed E-state index contributed by atoms with van der Waals surface area (Å²) in [5, 5.41) is 10.2. The van der Waals surface area contributed by atoms with Crippen LogP contribution < -0.4 is 4.74 Å². The third kappa shape index (κ3) is 6.40. The molecule has 0 aliphatic carbocycles. The van der Waals surface area contributed by atoms with Crippen molar-refractivity contribution in [3.8, 4) is 17.6 Å². The molecule has 1 N–H and O–H groups in total. The van der Waals surface area contributed by atoms with Crippen molar-refractivity contribution in [1.29, 1.82) is 0 Å². The maximum absolute atomic E-state index is 15.4. The molecule has 3 aromatic rings. The van der Waals surface area contributed by atoms with E-state index in [1.165, 1.54) is 0 Å². The van der Waals surface area contributed by atoms with Crippen LogP contribution >= 0.6 is 0 Å². The average Bonchev–Trinajstić information content (AvgIpc) is 3.27. The highest BCUT2D eigenvalue weighted by atomic mass is 19.1. The van der Waals surface area contributed by atoms with Crippen LogP contribution in [0.2, 0.25) is 0 Å². The fourth-order valence-corrected chi connectivity index (χ4v) is 5.03. The van der Waals surface area contributed by atoms with E-state index in [4.69, 9.17) is 4.74 Å². The molecule has 1 aromatic carbocycles. The van der Waals surface area contributed by atoms with E-state index in [1.54, 1.807) is 19.4 Å². The van der Waals surface area contributed by atoms with Gasteiger partial charge in [-0.05, 0) is 73.5 Å². The number of pyridine rings is 1. The van der Waals surface area contributed by atoms with E-state index in [2.05, 4.69) is 21.7 Å². The van der Waals surface area contributed by atoms with Gasteiger partial charge in [0.15, 0.2) is 0 Å². The number of hydrogen-bond donors (Lipinski definition) is 1. The number of carboxylic acids is 1. The van der Waals surface area contributed by atoms with E-state index >= 15 is 4.39 Å². The second-order valence-corrected chi connectivity index (χ2v) is 9.34. The van der Waals surface area contributed by atoms with Crippen molar-refractivity contribution in [1.82, 2.24) is 14.5 Å². The highest BCUT2D eigenvalue weighted by Gasteiger charge is 2.31. The lowest BCUT2D eigenvalue weighted by Crippen LogP contribution is -2.41. The van der Waals surface area contributed by atoms with Gasteiger partial charge in [0.05, 0.1) is 19.2 Å². The van der Waals surface area contributed by atoms with Crippen molar-refractivity contribution in [2.45, 2.75) is 31.9 Å². The topological polar surface area (TPSA) is 67.6 Å². The molecule has 1 fully saturated rings. The molecular formula is C28H32FN3O3. The fraction of sp³-hybridized carbons (Fsp3) is 0.429. The highest BCUT2D eigenvalue weighted by molar-refractivity contribution is 5.83. The predicted molar refractivity (Wildman–Crippen MR) is 134 cm³/mol. The Morgan fingerprint density at radius 3 is 2.91 bits per heavy atom. The number of alkyl halides is 1. The number of ether oxygens (including phenoxy) is 1. The van der Waals surface area contributed by atoms with Crippen LogP contribution in [0.1, 0.15) is 43.0 Å². The summed E-state index contributed by atoms with van der Waals surface area (Å²) in [7, 11) is 3.55. The van der Waals surface area contributed by atoms with E-state index in [0.29, 0.717) is 37.2 Å². The van der Waals surface area contributed by atoms with E-state index in [0.717, 1.165) is 29.4 Å². The molecule has 6 nitrogen and oxygen atoms in total. The minimum atomic E-state index is -1.15. The number of piperidine rings is 1. The number of hydrogen-bond acceptors (Lipinski definition) is 4. The van der Waals surface area contributed by atoms with Crippen LogP contribution in [0.5, 0.6) is 5.75 Å². The Morgan fingerprint density at radius 2 is 2.17 bits per heavy atom. The lowest BCUT2D eigenvalue weighted by atomic mass is 9.79. The Bertz CT molecular complexity index is 1230. The van der Waals surface area contributed by atoms with Gasteiger partial charge in [-0.1, -0.05) is 11.8 Å². The zero-order valence-corrected chi connectivity index (χ0v) is 20.3. The molecule has 7 heteroatoms. The minimum Gasteiger partial charge on any atom is -0.497 e. The average molecular weight is 478 g/mol. The zero-order valence-electron chi connectivity index (χ0n) is 20.3. The van der Waals surface area contributed by atoms with Crippen molar-refractivity contribution >= 4 is 16.9 Å². The smallest absolute Gasteiger partial charge is 0.303 e. The molecule has 0 amide bonds. The third-order valence-corrected chi connectivity index (χ3v) is 6.89. The molecule has 1 aliphatic rings. The first-order valence-electron chi connectivity index (χ1n) is 12.0. The van der Waals surface area contributed by atoms with Crippen LogP contribution in [0.3, 0.4) is 0 Å². The van der Waals surface area contributed by atoms with Gasteiger partial charge in [-0.2, -0.15) is 0 Å². The summed E-state index contributed by atoms with van der Waals surface area (Å²) in [6, 6.07) is 9.19. The van der Waals surface area contributed by atoms with Gasteiger partial charge in [0.2, 0.25) is 0 Å². The number of rotatable bonds is 8. The Balaban J connectivity index is 1.39. The first-order valence-corrected chi connectivity index (χ1v) is 12.0. The van der Waals surface area contributed by atoms with E-state index in [9.17, 15) is 9.90 Å². The van der Waals surface area contributed by atoms with E-state index in [1.807, 2.05) is 48.3 Å². The number of likely N-dealkylation sites (tertiary alicyclic amines) is 1. The molecule has 3 heterocycles. The molecule has 4 rings (SSSR count). The van der Waals surface area contributed by atoms with Crippen LogP contribution in [0.4, 0.5) is 4.39 Å². The molecule has 2 aromatic heterocycles. The second-order valence-electron chi connectivity index (χ2n) is 9.34. The summed E-state index contributed by atoms with van der Waals surface area (Å²) in [5.41, 5.74) is 2.32.